The van der Waals surface area contributed by atoms with Crippen molar-refractivity contribution in [2.45, 2.75) is 51.2 Å². The van der Waals surface area contributed by atoms with Gasteiger partial charge in [-0.25, -0.2) is 4.79 Å². The molecular formula is C30H29N3O6. The van der Waals surface area contributed by atoms with Gasteiger partial charge in [-0.2, -0.15) is 0 Å². The first-order chi connectivity index (χ1) is 18.5. The van der Waals surface area contributed by atoms with E-state index in [1.165, 1.54) is 12.1 Å². The van der Waals surface area contributed by atoms with E-state index in [0.717, 1.165) is 24.8 Å². The van der Waals surface area contributed by atoms with Crippen molar-refractivity contribution in [1.82, 2.24) is 5.32 Å². The minimum absolute atomic E-state index is 0.0246. The van der Waals surface area contributed by atoms with Gasteiger partial charge in [0.25, 0.3) is 5.69 Å². The lowest BCUT2D eigenvalue weighted by molar-refractivity contribution is -0.383. The molecule has 200 valence electrons. The number of nitrogen functional groups attached to an aromatic ring is 1. The molecule has 0 bridgehead atoms. The largest absolute Gasteiger partial charge is 0.453 e. The Labute approximate surface area is 224 Å². The Bertz CT molecular complexity index is 1630. The van der Waals surface area contributed by atoms with Crippen LogP contribution >= 0.6 is 0 Å². The predicted octanol–water partition coefficient (Wildman–Crippen LogP) is 6.52. The zero-order valence-electron chi connectivity index (χ0n) is 21.9. The molecule has 4 aromatic rings. The standard InChI is InChI=1S/C30H29N3O6/c1-29(2,3)39-28(35)32-30(16-7-17-30)20-12-10-18(11-13-20)23-25(34)21-14-15-22(33(36)37)24(31)27(21)38-26(23)19-8-5-4-6-9-19/h4-6,8-15H,7,16-17,31H2,1-3H3,(H,32,35). The molecule has 0 atom stereocenters. The van der Waals surface area contributed by atoms with Crippen molar-refractivity contribution in [3.05, 3.63) is 92.6 Å². The summed E-state index contributed by atoms with van der Waals surface area (Å²) < 4.78 is 11.6. The number of carbonyl (C=O) groups is 1. The summed E-state index contributed by atoms with van der Waals surface area (Å²) in [5, 5.41) is 14.6. The lowest BCUT2D eigenvalue weighted by Gasteiger charge is -2.43. The number of hydrogen-bond donors (Lipinski definition) is 2. The monoisotopic (exact) mass is 527 g/mol. The van der Waals surface area contributed by atoms with Gasteiger partial charge in [0.2, 0.25) is 5.43 Å². The third-order valence-corrected chi connectivity index (χ3v) is 6.98. The highest BCUT2D eigenvalue weighted by molar-refractivity contribution is 5.97. The number of benzene rings is 3. The number of ether oxygens (including phenoxy) is 1. The zero-order valence-corrected chi connectivity index (χ0v) is 21.9. The second kappa shape index (κ2) is 9.58. The molecule has 0 radical (unpaired) electrons. The molecule has 0 saturated heterocycles. The van der Waals surface area contributed by atoms with E-state index in [9.17, 15) is 19.7 Å². The molecule has 1 aliphatic rings. The summed E-state index contributed by atoms with van der Waals surface area (Å²) >= 11 is 0. The Balaban J connectivity index is 1.62. The van der Waals surface area contributed by atoms with Gasteiger partial charge in [0.05, 0.1) is 21.4 Å². The Morgan fingerprint density at radius 2 is 1.69 bits per heavy atom. The second-order valence-corrected chi connectivity index (χ2v) is 10.8. The molecule has 1 fully saturated rings. The molecule has 9 heteroatoms. The average Bonchev–Trinajstić information content (AvgIpc) is 2.86. The van der Waals surface area contributed by atoms with Crippen LogP contribution in [0.1, 0.15) is 45.6 Å². The molecule has 1 aliphatic carbocycles. The highest BCUT2D eigenvalue weighted by atomic mass is 16.6. The number of rotatable bonds is 5. The molecule has 0 aliphatic heterocycles. The van der Waals surface area contributed by atoms with Crippen LogP contribution in [0.3, 0.4) is 0 Å². The van der Waals surface area contributed by atoms with Crippen LogP contribution < -0.4 is 16.5 Å². The molecule has 1 heterocycles. The summed E-state index contributed by atoms with van der Waals surface area (Å²) in [7, 11) is 0. The molecule has 9 nitrogen and oxygen atoms in total. The average molecular weight is 528 g/mol. The molecule has 39 heavy (non-hydrogen) atoms. The molecule has 3 N–H and O–H groups in total. The van der Waals surface area contributed by atoms with E-state index in [2.05, 4.69) is 5.32 Å². The second-order valence-electron chi connectivity index (χ2n) is 10.8. The van der Waals surface area contributed by atoms with Crippen molar-refractivity contribution in [2.75, 3.05) is 5.73 Å². The number of nitrogens with one attached hydrogen (secondary N) is 1. The fourth-order valence-electron chi connectivity index (χ4n) is 4.95. The minimum Gasteiger partial charge on any atom is -0.453 e. The number of fused-ring (bicyclic) bond motifs is 1. The molecule has 0 spiro atoms. The van der Waals surface area contributed by atoms with Gasteiger partial charge >= 0.3 is 6.09 Å². The molecule has 1 saturated carbocycles. The van der Waals surface area contributed by atoms with E-state index in [-0.39, 0.29) is 33.5 Å². The van der Waals surface area contributed by atoms with E-state index in [0.29, 0.717) is 16.7 Å². The smallest absolute Gasteiger partial charge is 0.408 e. The van der Waals surface area contributed by atoms with Crippen LogP contribution in [0.4, 0.5) is 16.2 Å². The van der Waals surface area contributed by atoms with Gasteiger partial charge in [0.1, 0.15) is 11.4 Å². The first-order valence-corrected chi connectivity index (χ1v) is 12.7. The van der Waals surface area contributed by atoms with Crippen molar-refractivity contribution >= 4 is 28.4 Å². The Morgan fingerprint density at radius 3 is 2.26 bits per heavy atom. The number of anilines is 1. The number of nitro groups is 1. The minimum atomic E-state index is -0.610. The number of hydrogen-bond acceptors (Lipinski definition) is 7. The van der Waals surface area contributed by atoms with Gasteiger partial charge in [-0.15, -0.1) is 0 Å². The van der Waals surface area contributed by atoms with Crippen LogP contribution in [-0.4, -0.2) is 16.6 Å². The van der Waals surface area contributed by atoms with Gasteiger partial charge < -0.3 is 20.2 Å². The quantitative estimate of drug-likeness (QED) is 0.171. The normalized spacial score (nSPS) is 14.4. The predicted molar refractivity (Wildman–Crippen MR) is 149 cm³/mol. The summed E-state index contributed by atoms with van der Waals surface area (Å²) in [6.07, 6.45) is 2.05. The van der Waals surface area contributed by atoms with Crippen LogP contribution in [0, 0.1) is 10.1 Å². The molecule has 1 amide bonds. The van der Waals surface area contributed by atoms with Crippen molar-refractivity contribution in [1.29, 1.82) is 0 Å². The number of carbonyl (C=O) groups excluding carboxylic acids is 1. The lowest BCUT2D eigenvalue weighted by atomic mass is 9.71. The highest BCUT2D eigenvalue weighted by Crippen LogP contribution is 2.43. The van der Waals surface area contributed by atoms with Crippen LogP contribution in [0.15, 0.2) is 75.9 Å². The summed E-state index contributed by atoms with van der Waals surface area (Å²) in [5.74, 6) is 0.262. The summed E-state index contributed by atoms with van der Waals surface area (Å²) in [4.78, 5) is 37.2. The molecule has 0 unspecified atom stereocenters. The molecular weight excluding hydrogens is 498 g/mol. The summed E-state index contributed by atoms with van der Waals surface area (Å²) in [5.41, 5.74) is 6.48. The summed E-state index contributed by atoms with van der Waals surface area (Å²) in [6.45, 7) is 5.46. The third kappa shape index (κ3) is 4.83. The van der Waals surface area contributed by atoms with Gasteiger partial charge in [0.15, 0.2) is 11.3 Å². The Morgan fingerprint density at radius 1 is 1.03 bits per heavy atom. The zero-order chi connectivity index (χ0) is 27.9. The first kappa shape index (κ1) is 26.0. The van der Waals surface area contributed by atoms with Crippen LogP contribution in [-0.2, 0) is 10.3 Å². The number of nitro benzene ring substituents is 1. The van der Waals surface area contributed by atoms with Gasteiger partial charge in [-0.05, 0) is 57.2 Å². The molecule has 5 rings (SSSR count). The highest BCUT2D eigenvalue weighted by Gasteiger charge is 2.41. The van der Waals surface area contributed by atoms with Crippen LogP contribution in [0.25, 0.3) is 33.4 Å². The van der Waals surface area contributed by atoms with Crippen LogP contribution in [0.5, 0.6) is 0 Å². The van der Waals surface area contributed by atoms with E-state index < -0.39 is 22.2 Å². The van der Waals surface area contributed by atoms with Crippen LogP contribution in [0.2, 0.25) is 0 Å². The van der Waals surface area contributed by atoms with Gasteiger partial charge in [-0.1, -0.05) is 54.6 Å². The number of nitrogens with two attached hydrogens (primary N) is 1. The maximum absolute atomic E-state index is 13.8. The van der Waals surface area contributed by atoms with E-state index >= 15 is 0 Å². The Kier molecular flexibility index (Phi) is 6.38. The summed E-state index contributed by atoms with van der Waals surface area (Å²) in [6, 6.07) is 19.1. The van der Waals surface area contributed by atoms with Crippen molar-refractivity contribution < 1.29 is 18.9 Å². The third-order valence-electron chi connectivity index (χ3n) is 6.98. The maximum atomic E-state index is 13.8. The Hall–Kier alpha value is -4.66. The molecule has 3 aromatic carbocycles. The van der Waals surface area contributed by atoms with Gasteiger partial charge in [0, 0.05) is 11.6 Å². The maximum Gasteiger partial charge on any atom is 0.408 e. The van der Waals surface area contributed by atoms with E-state index in [1.807, 2.05) is 63.2 Å². The topological polar surface area (TPSA) is 138 Å². The number of amides is 1. The molecule has 1 aromatic heterocycles. The number of nitrogens with zero attached hydrogens (tertiary/aromatic N) is 1. The fourth-order valence-corrected chi connectivity index (χ4v) is 4.95. The fraction of sp³-hybridized carbons (Fsp3) is 0.267. The number of alkyl carbamates (subject to hydrolysis) is 1. The first-order valence-electron chi connectivity index (χ1n) is 12.7. The van der Waals surface area contributed by atoms with Gasteiger partial charge in [-0.3, -0.25) is 14.9 Å². The van der Waals surface area contributed by atoms with E-state index in [1.54, 1.807) is 12.1 Å². The van der Waals surface area contributed by atoms with Crippen molar-refractivity contribution in [2.24, 2.45) is 0 Å². The SMILES string of the molecule is CC(C)(C)OC(=O)NC1(c2ccc(-c3c(-c4ccccc4)oc4c(N)c([N+](=O)[O-])ccc4c3=O)cc2)CCC1. The van der Waals surface area contributed by atoms with E-state index in [4.69, 9.17) is 14.9 Å². The van der Waals surface area contributed by atoms with Crippen molar-refractivity contribution in [3.8, 4) is 22.5 Å². The van der Waals surface area contributed by atoms with Crippen molar-refractivity contribution in [3.63, 3.8) is 0 Å². The lowest BCUT2D eigenvalue weighted by Crippen LogP contribution is -2.52.